The van der Waals surface area contributed by atoms with E-state index in [2.05, 4.69) is 42.6 Å². The van der Waals surface area contributed by atoms with Gasteiger partial charge in [0.2, 0.25) is 0 Å². The Labute approximate surface area is 118 Å². The van der Waals surface area contributed by atoms with Crippen molar-refractivity contribution in [3.63, 3.8) is 0 Å². The van der Waals surface area contributed by atoms with Crippen LogP contribution in [0.25, 0.3) is 0 Å². The number of hydrogen-bond donors (Lipinski definition) is 1. The summed E-state index contributed by atoms with van der Waals surface area (Å²) in [4.78, 5) is 10.3. The van der Waals surface area contributed by atoms with Gasteiger partial charge in [-0.2, -0.15) is 0 Å². The standard InChI is InChI=1S/C14H22N4S/c1-6-11-10(4)19-14(17-11)13(16-9(2)3)12-7-15-8-18(12)5/h7-9,13,16H,6H2,1-5H3. The maximum absolute atomic E-state index is 4.79. The molecule has 2 aromatic heterocycles. The van der Waals surface area contributed by atoms with Crippen LogP contribution < -0.4 is 5.32 Å². The Morgan fingerprint density at radius 2 is 2.16 bits per heavy atom. The average molecular weight is 278 g/mol. The second-order valence-corrected chi connectivity index (χ2v) is 6.33. The van der Waals surface area contributed by atoms with Crippen LogP contribution in [0.15, 0.2) is 12.5 Å². The van der Waals surface area contributed by atoms with Gasteiger partial charge in [-0.25, -0.2) is 9.97 Å². The molecule has 0 aliphatic carbocycles. The summed E-state index contributed by atoms with van der Waals surface area (Å²) >= 11 is 1.78. The summed E-state index contributed by atoms with van der Waals surface area (Å²) in [5.41, 5.74) is 2.36. The molecule has 0 aliphatic heterocycles. The number of rotatable bonds is 5. The molecule has 0 saturated heterocycles. The molecule has 1 unspecified atom stereocenters. The van der Waals surface area contributed by atoms with Crippen molar-refractivity contribution in [2.75, 3.05) is 0 Å². The van der Waals surface area contributed by atoms with E-state index in [9.17, 15) is 0 Å². The van der Waals surface area contributed by atoms with Crippen LogP contribution in [-0.2, 0) is 13.5 Å². The summed E-state index contributed by atoms with van der Waals surface area (Å²) < 4.78 is 2.06. The van der Waals surface area contributed by atoms with Crippen molar-refractivity contribution in [2.24, 2.45) is 7.05 Å². The molecule has 0 amide bonds. The SMILES string of the molecule is CCc1nc(C(NC(C)C)c2cncn2C)sc1C. The van der Waals surface area contributed by atoms with Crippen LogP contribution >= 0.6 is 11.3 Å². The van der Waals surface area contributed by atoms with Crippen molar-refractivity contribution in [3.05, 3.63) is 33.8 Å². The van der Waals surface area contributed by atoms with E-state index < -0.39 is 0 Å². The Kier molecular flexibility index (Phi) is 4.37. The van der Waals surface area contributed by atoms with E-state index in [-0.39, 0.29) is 6.04 Å². The van der Waals surface area contributed by atoms with E-state index in [1.54, 1.807) is 11.3 Å². The molecule has 1 N–H and O–H groups in total. The van der Waals surface area contributed by atoms with Crippen molar-refractivity contribution in [2.45, 2.75) is 46.2 Å². The third kappa shape index (κ3) is 3.04. The fraction of sp³-hybridized carbons (Fsp3) is 0.571. The molecule has 0 fully saturated rings. The van der Waals surface area contributed by atoms with Gasteiger partial charge in [-0.05, 0) is 27.2 Å². The Hall–Kier alpha value is -1.20. The predicted molar refractivity (Wildman–Crippen MR) is 79.6 cm³/mol. The van der Waals surface area contributed by atoms with Gasteiger partial charge in [-0.15, -0.1) is 11.3 Å². The second-order valence-electron chi connectivity index (χ2n) is 5.09. The minimum atomic E-state index is 0.122. The molecule has 5 heteroatoms. The first-order valence-electron chi connectivity index (χ1n) is 6.71. The van der Waals surface area contributed by atoms with E-state index in [0.29, 0.717) is 6.04 Å². The molecule has 0 saturated carbocycles. The molecule has 0 aromatic carbocycles. The molecule has 4 nitrogen and oxygen atoms in total. The lowest BCUT2D eigenvalue weighted by molar-refractivity contribution is 0.507. The summed E-state index contributed by atoms with van der Waals surface area (Å²) in [6.45, 7) is 8.62. The van der Waals surface area contributed by atoms with Crippen molar-refractivity contribution in [1.82, 2.24) is 19.9 Å². The highest BCUT2D eigenvalue weighted by molar-refractivity contribution is 7.11. The summed E-state index contributed by atoms with van der Waals surface area (Å²) in [6, 6.07) is 0.519. The first kappa shape index (κ1) is 14.2. The number of aryl methyl sites for hydroxylation is 3. The molecule has 0 spiro atoms. The van der Waals surface area contributed by atoms with Gasteiger partial charge in [0, 0.05) is 18.0 Å². The van der Waals surface area contributed by atoms with Gasteiger partial charge >= 0.3 is 0 Å². The molecule has 2 aromatic rings. The lowest BCUT2D eigenvalue weighted by atomic mass is 10.2. The Morgan fingerprint density at radius 1 is 1.42 bits per heavy atom. The summed E-state index contributed by atoms with van der Waals surface area (Å²) in [5, 5.41) is 4.72. The molecule has 1 atom stereocenters. The smallest absolute Gasteiger partial charge is 0.116 e. The zero-order valence-corrected chi connectivity index (χ0v) is 13.1. The van der Waals surface area contributed by atoms with Gasteiger partial charge in [0.25, 0.3) is 0 Å². The maximum Gasteiger partial charge on any atom is 0.116 e. The minimum Gasteiger partial charge on any atom is -0.336 e. The zero-order chi connectivity index (χ0) is 14.0. The normalized spacial score (nSPS) is 13.2. The van der Waals surface area contributed by atoms with Crippen molar-refractivity contribution < 1.29 is 0 Å². The van der Waals surface area contributed by atoms with Crippen LogP contribution in [0.2, 0.25) is 0 Å². The van der Waals surface area contributed by atoms with Crippen LogP contribution in [0.3, 0.4) is 0 Å². The van der Waals surface area contributed by atoms with Gasteiger partial charge in [-0.1, -0.05) is 6.92 Å². The molecule has 0 aliphatic rings. The predicted octanol–water partition coefficient (Wildman–Crippen LogP) is 2.83. The number of hydrogen-bond acceptors (Lipinski definition) is 4. The number of nitrogens with one attached hydrogen (secondary N) is 1. The van der Waals surface area contributed by atoms with Crippen LogP contribution in [0.1, 0.15) is 48.1 Å². The average Bonchev–Trinajstić information content (AvgIpc) is 2.92. The molecular formula is C14H22N4S. The van der Waals surface area contributed by atoms with Gasteiger partial charge in [-0.3, -0.25) is 0 Å². The molecule has 0 radical (unpaired) electrons. The second kappa shape index (κ2) is 5.84. The van der Waals surface area contributed by atoms with Gasteiger partial charge in [0.1, 0.15) is 11.0 Å². The summed E-state index contributed by atoms with van der Waals surface area (Å²) in [6.07, 6.45) is 4.75. The molecule has 0 bridgehead atoms. The van der Waals surface area contributed by atoms with E-state index in [0.717, 1.165) is 17.1 Å². The van der Waals surface area contributed by atoms with E-state index in [4.69, 9.17) is 4.98 Å². The first-order valence-corrected chi connectivity index (χ1v) is 7.53. The molecule has 2 heterocycles. The Balaban J connectivity index is 2.39. The number of imidazole rings is 1. The number of nitrogens with zero attached hydrogens (tertiary/aromatic N) is 3. The molecule has 104 valence electrons. The van der Waals surface area contributed by atoms with Crippen molar-refractivity contribution in [1.29, 1.82) is 0 Å². The van der Waals surface area contributed by atoms with Crippen molar-refractivity contribution >= 4 is 11.3 Å². The monoisotopic (exact) mass is 278 g/mol. The highest BCUT2D eigenvalue weighted by Gasteiger charge is 2.22. The Bertz CT molecular complexity index is 541. The van der Waals surface area contributed by atoms with Gasteiger partial charge in [0.15, 0.2) is 0 Å². The fourth-order valence-electron chi connectivity index (χ4n) is 2.16. The topological polar surface area (TPSA) is 42.7 Å². The quantitative estimate of drug-likeness (QED) is 0.914. The van der Waals surface area contributed by atoms with Gasteiger partial charge in [0.05, 0.1) is 23.9 Å². The highest BCUT2D eigenvalue weighted by atomic mass is 32.1. The van der Waals surface area contributed by atoms with Crippen LogP contribution in [-0.4, -0.2) is 20.6 Å². The first-order chi connectivity index (χ1) is 9.02. The summed E-state index contributed by atoms with van der Waals surface area (Å²) in [7, 11) is 2.03. The van der Waals surface area contributed by atoms with E-state index in [1.165, 1.54) is 10.6 Å². The van der Waals surface area contributed by atoms with Crippen LogP contribution in [0.5, 0.6) is 0 Å². The zero-order valence-electron chi connectivity index (χ0n) is 12.3. The van der Waals surface area contributed by atoms with Crippen LogP contribution in [0.4, 0.5) is 0 Å². The van der Waals surface area contributed by atoms with Gasteiger partial charge < -0.3 is 9.88 Å². The molecule has 2 rings (SSSR count). The Morgan fingerprint density at radius 3 is 2.63 bits per heavy atom. The summed E-state index contributed by atoms with van der Waals surface area (Å²) in [5.74, 6) is 0. The lowest BCUT2D eigenvalue weighted by Gasteiger charge is -2.19. The van der Waals surface area contributed by atoms with E-state index >= 15 is 0 Å². The lowest BCUT2D eigenvalue weighted by Crippen LogP contribution is -2.30. The number of thiazole rings is 1. The third-order valence-electron chi connectivity index (χ3n) is 3.14. The molecular weight excluding hydrogens is 256 g/mol. The minimum absolute atomic E-state index is 0.122. The third-order valence-corrected chi connectivity index (χ3v) is 4.22. The van der Waals surface area contributed by atoms with E-state index in [1.807, 2.05) is 19.6 Å². The van der Waals surface area contributed by atoms with Crippen molar-refractivity contribution in [3.8, 4) is 0 Å². The highest BCUT2D eigenvalue weighted by Crippen LogP contribution is 2.28. The molecule has 19 heavy (non-hydrogen) atoms. The number of aromatic nitrogens is 3. The van der Waals surface area contributed by atoms with Crippen LogP contribution in [0, 0.1) is 6.92 Å². The maximum atomic E-state index is 4.79. The largest absolute Gasteiger partial charge is 0.336 e. The fourth-order valence-corrected chi connectivity index (χ4v) is 3.25.